The van der Waals surface area contributed by atoms with Gasteiger partial charge in [-0.3, -0.25) is 0 Å². The maximum absolute atomic E-state index is 11.1. The molecule has 0 amide bonds. The fraction of sp³-hybridized carbons (Fsp3) is 0.222. The zero-order valence-corrected chi connectivity index (χ0v) is 8.09. The summed E-state index contributed by atoms with van der Waals surface area (Å²) >= 11 is 4.96. The molecule has 1 aromatic carbocycles. The fourth-order valence-corrected chi connectivity index (χ4v) is 1.11. The largest absolute Gasteiger partial charge is 0.496 e. The van der Waals surface area contributed by atoms with Gasteiger partial charge >= 0.3 is 5.97 Å². The summed E-state index contributed by atoms with van der Waals surface area (Å²) in [6, 6.07) is 5.19. The standard InChI is InChI=1S/C9H9ClO3/c1-6-3-4-8(12-2)7(5-6)9(11)13-10/h3-5H,1-2H3. The molecule has 0 atom stereocenters. The number of hydrogen-bond donors (Lipinski definition) is 0. The molecule has 0 N–H and O–H groups in total. The third-order valence-corrected chi connectivity index (χ3v) is 1.79. The Labute approximate surface area is 81.4 Å². The first-order valence-electron chi connectivity index (χ1n) is 3.66. The van der Waals surface area contributed by atoms with Crippen molar-refractivity contribution in [3.8, 4) is 5.75 Å². The molecular weight excluding hydrogens is 192 g/mol. The van der Waals surface area contributed by atoms with Crippen molar-refractivity contribution in [3.63, 3.8) is 0 Å². The first kappa shape index (κ1) is 9.86. The van der Waals surface area contributed by atoms with E-state index in [-0.39, 0.29) is 0 Å². The van der Waals surface area contributed by atoms with Crippen molar-refractivity contribution in [2.24, 2.45) is 0 Å². The summed E-state index contributed by atoms with van der Waals surface area (Å²) in [5, 5.41) is 0. The number of methoxy groups -OCH3 is 1. The first-order chi connectivity index (χ1) is 6.19. The van der Waals surface area contributed by atoms with Gasteiger partial charge in [-0.1, -0.05) is 6.07 Å². The van der Waals surface area contributed by atoms with E-state index < -0.39 is 5.97 Å². The average molecular weight is 201 g/mol. The monoisotopic (exact) mass is 200 g/mol. The maximum atomic E-state index is 11.1. The van der Waals surface area contributed by atoms with Gasteiger partial charge in [0.1, 0.15) is 23.2 Å². The Balaban J connectivity index is 3.15. The molecule has 0 saturated carbocycles. The highest BCUT2D eigenvalue weighted by Crippen LogP contribution is 2.20. The van der Waals surface area contributed by atoms with E-state index in [2.05, 4.69) is 4.29 Å². The number of ether oxygens (including phenoxy) is 1. The molecule has 1 rings (SSSR count). The maximum Gasteiger partial charge on any atom is 0.360 e. The van der Waals surface area contributed by atoms with Crippen LogP contribution in [0.15, 0.2) is 18.2 Å². The lowest BCUT2D eigenvalue weighted by molar-refractivity contribution is 0.0747. The molecule has 1 aromatic rings. The Morgan fingerprint density at radius 3 is 2.69 bits per heavy atom. The van der Waals surface area contributed by atoms with E-state index in [1.54, 1.807) is 12.1 Å². The zero-order chi connectivity index (χ0) is 9.84. The van der Waals surface area contributed by atoms with Crippen LogP contribution in [0.1, 0.15) is 15.9 Å². The minimum Gasteiger partial charge on any atom is -0.496 e. The molecule has 70 valence electrons. The van der Waals surface area contributed by atoms with Gasteiger partial charge in [0, 0.05) is 0 Å². The smallest absolute Gasteiger partial charge is 0.360 e. The van der Waals surface area contributed by atoms with Crippen LogP contribution in [0.2, 0.25) is 0 Å². The fourth-order valence-electron chi connectivity index (χ4n) is 1.02. The Kier molecular flexibility index (Phi) is 3.14. The average Bonchev–Trinajstić information content (AvgIpc) is 2.16. The molecular formula is C9H9ClO3. The van der Waals surface area contributed by atoms with Gasteiger partial charge in [0.15, 0.2) is 0 Å². The van der Waals surface area contributed by atoms with Crippen LogP contribution in [0.3, 0.4) is 0 Å². The second-order valence-electron chi connectivity index (χ2n) is 2.57. The normalized spacial score (nSPS) is 9.46. The lowest BCUT2D eigenvalue weighted by Crippen LogP contribution is -2.01. The Hall–Kier alpha value is -1.22. The van der Waals surface area contributed by atoms with Crippen molar-refractivity contribution < 1.29 is 13.8 Å². The number of halogens is 1. The van der Waals surface area contributed by atoms with Crippen molar-refractivity contribution in [2.75, 3.05) is 7.11 Å². The van der Waals surface area contributed by atoms with Crippen molar-refractivity contribution in [2.45, 2.75) is 6.92 Å². The molecule has 3 nitrogen and oxygen atoms in total. The van der Waals surface area contributed by atoms with Gasteiger partial charge in [0.2, 0.25) is 0 Å². The summed E-state index contributed by atoms with van der Waals surface area (Å²) < 4.78 is 9.05. The van der Waals surface area contributed by atoms with Crippen LogP contribution in [0, 0.1) is 6.92 Å². The van der Waals surface area contributed by atoms with E-state index in [1.165, 1.54) is 7.11 Å². The summed E-state index contributed by atoms with van der Waals surface area (Å²) in [6.07, 6.45) is 0. The van der Waals surface area contributed by atoms with Crippen LogP contribution in [0.25, 0.3) is 0 Å². The molecule has 0 fully saturated rings. The molecule has 4 heteroatoms. The predicted molar refractivity (Wildman–Crippen MR) is 49.0 cm³/mol. The molecule has 0 heterocycles. The number of aryl methyl sites for hydroxylation is 1. The summed E-state index contributed by atoms with van der Waals surface area (Å²) in [4.78, 5) is 11.1. The minimum atomic E-state index is -0.609. The van der Waals surface area contributed by atoms with E-state index in [0.717, 1.165) is 5.56 Å². The number of hydrogen-bond acceptors (Lipinski definition) is 3. The molecule has 0 unspecified atom stereocenters. The third-order valence-electron chi connectivity index (χ3n) is 1.64. The molecule has 0 bridgehead atoms. The molecule has 0 aromatic heterocycles. The summed E-state index contributed by atoms with van der Waals surface area (Å²) in [6.45, 7) is 1.87. The van der Waals surface area contributed by atoms with Gasteiger partial charge in [-0.2, -0.15) is 0 Å². The lowest BCUT2D eigenvalue weighted by atomic mass is 10.1. The van der Waals surface area contributed by atoms with Gasteiger partial charge in [-0.15, -0.1) is 0 Å². The van der Waals surface area contributed by atoms with Crippen molar-refractivity contribution in [3.05, 3.63) is 29.3 Å². The summed E-state index contributed by atoms with van der Waals surface area (Å²) in [5.41, 5.74) is 1.27. The lowest BCUT2D eigenvalue weighted by Gasteiger charge is -2.05. The highest BCUT2D eigenvalue weighted by molar-refractivity contribution is 6.16. The number of rotatable bonds is 2. The van der Waals surface area contributed by atoms with Crippen molar-refractivity contribution in [1.82, 2.24) is 0 Å². The minimum absolute atomic E-state index is 0.331. The third kappa shape index (κ3) is 2.12. The molecule has 0 aliphatic heterocycles. The quantitative estimate of drug-likeness (QED) is 0.735. The highest BCUT2D eigenvalue weighted by atomic mass is 35.5. The summed E-state index contributed by atoms with van der Waals surface area (Å²) in [5.74, 6) is -0.154. The SMILES string of the molecule is COc1ccc(C)cc1C(=O)OCl. The molecule has 0 radical (unpaired) electrons. The van der Waals surface area contributed by atoms with E-state index >= 15 is 0 Å². The van der Waals surface area contributed by atoms with E-state index in [9.17, 15) is 4.79 Å². The van der Waals surface area contributed by atoms with Crippen molar-refractivity contribution >= 4 is 17.8 Å². The Morgan fingerprint density at radius 2 is 2.15 bits per heavy atom. The van der Waals surface area contributed by atoms with Gasteiger partial charge < -0.3 is 9.03 Å². The van der Waals surface area contributed by atoms with Gasteiger partial charge in [0.05, 0.1) is 7.11 Å². The van der Waals surface area contributed by atoms with E-state index in [1.807, 2.05) is 13.0 Å². The Bertz CT molecular complexity index is 323. The first-order valence-corrected chi connectivity index (χ1v) is 3.97. The topological polar surface area (TPSA) is 35.5 Å². The zero-order valence-electron chi connectivity index (χ0n) is 7.33. The van der Waals surface area contributed by atoms with Crippen LogP contribution < -0.4 is 4.74 Å². The number of benzene rings is 1. The van der Waals surface area contributed by atoms with E-state index in [0.29, 0.717) is 11.3 Å². The van der Waals surface area contributed by atoms with Gasteiger partial charge in [-0.25, -0.2) is 4.79 Å². The van der Waals surface area contributed by atoms with Crippen LogP contribution in [0.4, 0.5) is 0 Å². The van der Waals surface area contributed by atoms with Gasteiger partial charge in [-0.05, 0) is 24.6 Å². The highest BCUT2D eigenvalue weighted by Gasteiger charge is 2.12. The number of carbonyl (C=O) groups excluding carboxylic acids is 1. The van der Waals surface area contributed by atoms with Crippen LogP contribution in [0.5, 0.6) is 5.75 Å². The van der Waals surface area contributed by atoms with Crippen LogP contribution in [-0.4, -0.2) is 13.1 Å². The second kappa shape index (κ2) is 4.14. The van der Waals surface area contributed by atoms with Gasteiger partial charge in [0.25, 0.3) is 0 Å². The molecule has 0 aliphatic carbocycles. The number of carbonyl (C=O) groups is 1. The van der Waals surface area contributed by atoms with Crippen LogP contribution >= 0.6 is 11.9 Å². The Morgan fingerprint density at radius 1 is 1.46 bits per heavy atom. The molecule has 0 aliphatic rings. The van der Waals surface area contributed by atoms with Crippen molar-refractivity contribution in [1.29, 1.82) is 0 Å². The summed E-state index contributed by atoms with van der Waals surface area (Å²) in [7, 11) is 1.48. The van der Waals surface area contributed by atoms with Crippen LogP contribution in [-0.2, 0) is 4.29 Å². The molecule has 13 heavy (non-hydrogen) atoms. The molecule has 0 saturated heterocycles. The predicted octanol–water partition coefficient (Wildman–Crippen LogP) is 2.31. The van der Waals surface area contributed by atoms with E-state index in [4.69, 9.17) is 16.6 Å². The second-order valence-corrected chi connectivity index (χ2v) is 2.72. The molecule has 0 spiro atoms.